The number of amidine groups is 1. The van der Waals surface area contributed by atoms with Gasteiger partial charge in [0.25, 0.3) is 0 Å². The number of piperidine rings is 1. The molecule has 1 aromatic heterocycles. The minimum Gasteiger partial charge on any atom is -0.472 e. The molecular weight excluding hydrogens is 348 g/mol. The molecule has 26 heavy (non-hydrogen) atoms. The topological polar surface area (TPSA) is 88.7 Å². The van der Waals surface area contributed by atoms with Crippen molar-refractivity contribution in [3.05, 3.63) is 54.0 Å². The number of hydrazone groups is 1. The Kier molecular flexibility index (Phi) is 6.32. The number of nitrogens with two attached hydrogens (primary N) is 1. The number of nitrogens with one attached hydrogen (secondary N) is 1. The van der Waals surface area contributed by atoms with Gasteiger partial charge in [0.15, 0.2) is 10.9 Å². The molecule has 1 fully saturated rings. The van der Waals surface area contributed by atoms with Crippen molar-refractivity contribution in [1.82, 2.24) is 20.3 Å². The van der Waals surface area contributed by atoms with E-state index in [2.05, 4.69) is 25.4 Å². The van der Waals surface area contributed by atoms with Crippen LogP contribution >= 0.6 is 12.2 Å². The molecule has 0 amide bonds. The second-order valence-corrected chi connectivity index (χ2v) is 6.37. The van der Waals surface area contributed by atoms with E-state index >= 15 is 0 Å². The van der Waals surface area contributed by atoms with Gasteiger partial charge in [-0.05, 0) is 37.0 Å². The highest BCUT2D eigenvalue weighted by Gasteiger charge is 2.13. The third-order valence-corrected chi connectivity index (χ3v) is 4.37. The van der Waals surface area contributed by atoms with Crippen LogP contribution in [0.3, 0.4) is 0 Å². The molecule has 1 aliphatic rings. The smallest absolute Gasteiger partial charge is 0.233 e. The second kappa shape index (κ2) is 9.10. The molecule has 0 spiro atoms. The van der Waals surface area contributed by atoms with Crippen molar-refractivity contribution in [1.29, 1.82) is 0 Å². The zero-order chi connectivity index (χ0) is 18.2. The zero-order valence-electron chi connectivity index (χ0n) is 14.5. The van der Waals surface area contributed by atoms with E-state index in [1.165, 1.54) is 6.42 Å². The minimum absolute atomic E-state index is 0.210. The number of thiocarbonyl (C=S) groups is 1. The summed E-state index contributed by atoms with van der Waals surface area (Å²) in [5.41, 5.74) is 10.3. The maximum atomic E-state index is 6.00. The van der Waals surface area contributed by atoms with Gasteiger partial charge in [-0.1, -0.05) is 30.3 Å². The first kappa shape index (κ1) is 18.1. The molecule has 7 nitrogen and oxygen atoms in total. The van der Waals surface area contributed by atoms with Crippen LogP contribution in [0, 0.1) is 0 Å². The van der Waals surface area contributed by atoms with Gasteiger partial charge in [0, 0.05) is 13.1 Å². The van der Waals surface area contributed by atoms with Crippen LogP contribution < -0.4 is 15.9 Å². The molecular formula is C18H22N6OS. The third kappa shape index (κ3) is 5.13. The molecule has 3 rings (SSSR count). The summed E-state index contributed by atoms with van der Waals surface area (Å²) >= 11 is 5.36. The largest absolute Gasteiger partial charge is 0.472 e. The van der Waals surface area contributed by atoms with Crippen LogP contribution in [-0.2, 0) is 6.61 Å². The van der Waals surface area contributed by atoms with Gasteiger partial charge in [0.2, 0.25) is 5.88 Å². The van der Waals surface area contributed by atoms with Crippen molar-refractivity contribution in [3.8, 4) is 5.88 Å². The molecule has 0 bridgehead atoms. The van der Waals surface area contributed by atoms with Gasteiger partial charge in [0.05, 0.1) is 12.4 Å². The highest BCUT2D eigenvalue weighted by molar-refractivity contribution is 7.80. The maximum Gasteiger partial charge on any atom is 0.233 e. The third-order valence-electron chi connectivity index (χ3n) is 4.02. The molecule has 2 heterocycles. The number of nitrogens with zero attached hydrogens (tertiary/aromatic N) is 4. The Bertz CT molecular complexity index is 761. The zero-order valence-corrected chi connectivity index (χ0v) is 15.3. The Morgan fingerprint density at radius 1 is 1.19 bits per heavy atom. The van der Waals surface area contributed by atoms with E-state index in [-0.39, 0.29) is 5.84 Å². The van der Waals surface area contributed by atoms with E-state index < -0.39 is 0 Å². The predicted molar refractivity (Wildman–Crippen MR) is 105 cm³/mol. The van der Waals surface area contributed by atoms with E-state index in [0.29, 0.717) is 23.3 Å². The average molecular weight is 370 g/mol. The van der Waals surface area contributed by atoms with E-state index in [9.17, 15) is 0 Å². The molecule has 0 atom stereocenters. The summed E-state index contributed by atoms with van der Waals surface area (Å²) in [6, 6.07) is 9.85. The lowest BCUT2D eigenvalue weighted by molar-refractivity contribution is 0.292. The van der Waals surface area contributed by atoms with E-state index in [1.807, 2.05) is 30.3 Å². The van der Waals surface area contributed by atoms with Crippen LogP contribution in [0.15, 0.2) is 47.8 Å². The van der Waals surface area contributed by atoms with Crippen molar-refractivity contribution in [2.24, 2.45) is 10.8 Å². The molecule has 0 unspecified atom stereocenters. The fraction of sp³-hybridized carbons (Fsp3) is 0.333. The molecule has 2 aromatic rings. The molecule has 0 aliphatic carbocycles. The summed E-state index contributed by atoms with van der Waals surface area (Å²) in [5, 5.41) is 4.71. The number of hydrogen-bond donors (Lipinski definition) is 2. The molecule has 1 saturated heterocycles. The lowest BCUT2D eigenvalue weighted by Crippen LogP contribution is -2.41. The van der Waals surface area contributed by atoms with Gasteiger partial charge in [-0.15, -0.1) is 0 Å². The number of rotatable bonds is 5. The van der Waals surface area contributed by atoms with Crippen LogP contribution in [-0.4, -0.2) is 38.9 Å². The summed E-state index contributed by atoms with van der Waals surface area (Å²) < 4.78 is 5.67. The van der Waals surface area contributed by atoms with Gasteiger partial charge in [-0.3, -0.25) is 10.4 Å². The maximum absolute atomic E-state index is 6.00. The summed E-state index contributed by atoms with van der Waals surface area (Å²) in [5.74, 6) is 0.602. The standard InChI is InChI=1S/C18H22N6OS/c19-17(22-23-18(26)24-9-5-2-6-10-24)15-11-20-12-16(21-15)25-13-14-7-3-1-4-8-14/h1,3-4,7-8,11-12H,2,5-6,9-10,13H2,(H2,19,22)(H,23,26). The van der Waals surface area contributed by atoms with E-state index in [0.717, 1.165) is 31.5 Å². The quantitative estimate of drug-likeness (QED) is 0.360. The molecule has 3 N–H and O–H groups in total. The summed E-state index contributed by atoms with van der Waals surface area (Å²) in [6.07, 6.45) is 6.63. The van der Waals surface area contributed by atoms with Crippen LogP contribution in [0.2, 0.25) is 0 Å². The summed E-state index contributed by atoms with van der Waals surface area (Å²) in [6.45, 7) is 2.31. The predicted octanol–water partition coefficient (Wildman–Crippen LogP) is 2.04. The molecule has 1 aromatic carbocycles. The van der Waals surface area contributed by atoms with Crippen molar-refractivity contribution in [2.75, 3.05) is 13.1 Å². The number of likely N-dealkylation sites (tertiary alicyclic amines) is 1. The lowest BCUT2D eigenvalue weighted by atomic mass is 10.1. The first-order valence-corrected chi connectivity index (χ1v) is 9.00. The number of aromatic nitrogens is 2. The van der Waals surface area contributed by atoms with Crippen LogP contribution in [0.4, 0.5) is 0 Å². The fourth-order valence-electron chi connectivity index (χ4n) is 2.61. The van der Waals surface area contributed by atoms with Crippen LogP contribution in [0.25, 0.3) is 0 Å². The highest BCUT2D eigenvalue weighted by atomic mass is 32.1. The van der Waals surface area contributed by atoms with Crippen molar-refractivity contribution in [2.45, 2.75) is 25.9 Å². The van der Waals surface area contributed by atoms with E-state index in [4.69, 9.17) is 22.7 Å². The van der Waals surface area contributed by atoms with Crippen molar-refractivity contribution < 1.29 is 4.74 Å². The fourth-order valence-corrected chi connectivity index (χ4v) is 2.83. The number of ether oxygens (including phenoxy) is 1. The summed E-state index contributed by atoms with van der Waals surface area (Å²) in [7, 11) is 0. The van der Waals surface area contributed by atoms with Crippen LogP contribution in [0.5, 0.6) is 5.88 Å². The number of hydrogen-bond acceptors (Lipinski definition) is 5. The molecule has 8 heteroatoms. The Morgan fingerprint density at radius 3 is 2.73 bits per heavy atom. The SMILES string of the molecule is N/C(=N/NC(=S)N1CCCCC1)c1cncc(OCc2ccccc2)n1. The Balaban J connectivity index is 1.58. The molecule has 136 valence electrons. The van der Waals surface area contributed by atoms with Gasteiger partial charge in [0.1, 0.15) is 12.3 Å². The minimum atomic E-state index is 0.210. The van der Waals surface area contributed by atoms with Gasteiger partial charge >= 0.3 is 0 Å². The number of benzene rings is 1. The molecule has 0 radical (unpaired) electrons. The second-order valence-electron chi connectivity index (χ2n) is 5.98. The first-order valence-electron chi connectivity index (χ1n) is 8.59. The average Bonchev–Trinajstić information content (AvgIpc) is 2.72. The highest BCUT2D eigenvalue weighted by Crippen LogP contribution is 2.10. The lowest BCUT2D eigenvalue weighted by Gasteiger charge is -2.28. The Labute approximate surface area is 158 Å². The first-order chi connectivity index (χ1) is 12.7. The normalized spacial score (nSPS) is 14.8. The van der Waals surface area contributed by atoms with Gasteiger partial charge in [-0.2, -0.15) is 5.10 Å². The van der Waals surface area contributed by atoms with Gasteiger partial charge < -0.3 is 15.4 Å². The van der Waals surface area contributed by atoms with Gasteiger partial charge in [-0.25, -0.2) is 4.98 Å². The van der Waals surface area contributed by atoms with Crippen LogP contribution in [0.1, 0.15) is 30.5 Å². The van der Waals surface area contributed by atoms with Crippen molar-refractivity contribution >= 4 is 23.2 Å². The Hall–Kier alpha value is -2.74. The summed E-state index contributed by atoms with van der Waals surface area (Å²) in [4.78, 5) is 10.6. The van der Waals surface area contributed by atoms with E-state index in [1.54, 1.807) is 12.4 Å². The van der Waals surface area contributed by atoms with Crippen molar-refractivity contribution in [3.63, 3.8) is 0 Å². The molecule has 0 saturated carbocycles. The Morgan fingerprint density at radius 2 is 1.96 bits per heavy atom. The molecule has 1 aliphatic heterocycles. The monoisotopic (exact) mass is 370 g/mol.